The molecule has 14 heavy (non-hydrogen) atoms. The maximum atomic E-state index is 10.5. The Labute approximate surface area is 85.1 Å². The lowest BCUT2D eigenvalue weighted by Crippen LogP contribution is -2.50. The smallest absolute Gasteiger partial charge is 0.137 e. The molecule has 0 unspecified atom stereocenters. The second-order valence-corrected chi connectivity index (χ2v) is 4.60. The molecule has 0 aromatic carbocycles. The van der Waals surface area contributed by atoms with Crippen molar-refractivity contribution < 1.29 is 19.5 Å². The second kappa shape index (κ2) is 4.57. The fourth-order valence-corrected chi connectivity index (χ4v) is 1.55. The van der Waals surface area contributed by atoms with Gasteiger partial charge in [0.2, 0.25) is 0 Å². The summed E-state index contributed by atoms with van der Waals surface area (Å²) in [6.45, 7) is 2.08. The number of likely N-dealkylation sites (N-methyl/N-ethyl adjacent to an activating group) is 1. The minimum absolute atomic E-state index is 0.339. The van der Waals surface area contributed by atoms with E-state index in [4.69, 9.17) is 0 Å². The van der Waals surface area contributed by atoms with Gasteiger partial charge in [-0.2, -0.15) is 0 Å². The summed E-state index contributed by atoms with van der Waals surface area (Å²) in [5, 5.41) is 20.5. The Morgan fingerprint density at radius 1 is 1.50 bits per heavy atom. The van der Waals surface area contributed by atoms with Gasteiger partial charge in [-0.25, -0.2) is 0 Å². The maximum Gasteiger partial charge on any atom is 0.137 e. The molecule has 0 fully saturated rings. The Morgan fingerprint density at radius 2 is 2.00 bits per heavy atom. The van der Waals surface area contributed by atoms with Crippen LogP contribution in [0.15, 0.2) is 12.2 Å². The lowest BCUT2D eigenvalue weighted by atomic mass is 9.98. The van der Waals surface area contributed by atoms with Crippen molar-refractivity contribution in [1.29, 1.82) is 0 Å². The van der Waals surface area contributed by atoms with Crippen molar-refractivity contribution in [2.75, 3.05) is 27.7 Å². The van der Waals surface area contributed by atoms with Crippen molar-refractivity contribution in [2.24, 2.45) is 0 Å². The number of allylic oxidation sites excluding steroid dienone is 1. The Morgan fingerprint density at radius 3 is 2.29 bits per heavy atom. The largest absolute Gasteiger partial charge is 0.550 e. The van der Waals surface area contributed by atoms with Crippen LogP contribution in [0.1, 0.15) is 13.3 Å². The Hall–Kier alpha value is -0.870. The van der Waals surface area contributed by atoms with Crippen LogP contribution in [0.2, 0.25) is 0 Å². The molecule has 0 amide bonds. The number of carboxylic acids is 1. The molecular formula is C10H19NO3. The Kier molecular flexibility index (Phi) is 4.29. The van der Waals surface area contributed by atoms with E-state index in [0.717, 1.165) is 0 Å². The molecule has 0 aromatic rings. The highest BCUT2D eigenvalue weighted by molar-refractivity contribution is 5.66. The molecule has 1 atom stereocenters. The summed E-state index contributed by atoms with van der Waals surface area (Å²) in [4.78, 5) is 10.5. The number of hydrogen-bond donors (Lipinski definition) is 1. The molecule has 0 aromatic heterocycles. The van der Waals surface area contributed by atoms with E-state index in [1.165, 1.54) is 6.08 Å². The molecule has 4 heteroatoms. The summed E-state index contributed by atoms with van der Waals surface area (Å²) >= 11 is 0. The van der Waals surface area contributed by atoms with Gasteiger partial charge < -0.3 is 19.5 Å². The lowest BCUT2D eigenvalue weighted by molar-refractivity contribution is -0.876. The number of nitrogens with zero attached hydrogens (tertiary/aromatic N) is 1. The van der Waals surface area contributed by atoms with E-state index in [1.807, 2.05) is 21.1 Å². The molecule has 0 spiro atoms. The molecule has 0 bridgehead atoms. The van der Waals surface area contributed by atoms with Crippen molar-refractivity contribution in [3.8, 4) is 0 Å². The van der Waals surface area contributed by atoms with Gasteiger partial charge in [-0.3, -0.25) is 0 Å². The first kappa shape index (κ1) is 13.1. The highest BCUT2D eigenvalue weighted by Gasteiger charge is 2.30. The van der Waals surface area contributed by atoms with E-state index in [-0.39, 0.29) is 6.42 Å². The summed E-state index contributed by atoms with van der Waals surface area (Å²) in [7, 11) is 5.68. The number of aliphatic carboxylic acids is 1. The average molecular weight is 201 g/mol. The van der Waals surface area contributed by atoms with Crippen LogP contribution in [0.5, 0.6) is 0 Å². The van der Waals surface area contributed by atoms with E-state index in [0.29, 0.717) is 11.0 Å². The first-order valence-corrected chi connectivity index (χ1v) is 4.55. The minimum Gasteiger partial charge on any atom is -0.550 e. The molecule has 0 heterocycles. The summed E-state index contributed by atoms with van der Waals surface area (Å²) in [6.07, 6.45) is 2.79. The number of carbonyl (C=O) groups excluding carboxylic acids is 1. The topological polar surface area (TPSA) is 60.4 Å². The molecule has 0 rings (SSSR count). The second-order valence-electron chi connectivity index (χ2n) is 4.60. The summed E-state index contributed by atoms with van der Waals surface area (Å²) in [5.41, 5.74) is -1.31. The zero-order valence-electron chi connectivity index (χ0n) is 9.28. The molecule has 0 aliphatic heterocycles. The molecule has 0 aliphatic carbocycles. The predicted molar refractivity (Wildman–Crippen MR) is 52.3 cm³/mol. The van der Waals surface area contributed by atoms with Gasteiger partial charge in [-0.15, -0.1) is 0 Å². The first-order valence-electron chi connectivity index (χ1n) is 4.55. The van der Waals surface area contributed by atoms with Crippen LogP contribution >= 0.6 is 0 Å². The number of carbonyl (C=O) groups is 1. The fraction of sp³-hybridized carbons (Fsp3) is 0.700. The molecule has 1 N–H and O–H groups in total. The highest BCUT2D eigenvalue weighted by Crippen LogP contribution is 2.15. The van der Waals surface area contributed by atoms with Crippen molar-refractivity contribution in [1.82, 2.24) is 0 Å². The third-order valence-electron chi connectivity index (χ3n) is 1.68. The first-order chi connectivity index (χ1) is 6.18. The van der Waals surface area contributed by atoms with Gasteiger partial charge in [0.25, 0.3) is 0 Å². The van der Waals surface area contributed by atoms with Gasteiger partial charge in [0, 0.05) is 12.4 Å². The van der Waals surface area contributed by atoms with Crippen LogP contribution in [0.25, 0.3) is 0 Å². The average Bonchev–Trinajstić information content (AvgIpc) is 1.78. The lowest BCUT2D eigenvalue weighted by Gasteiger charge is -2.34. The fourth-order valence-electron chi connectivity index (χ4n) is 1.55. The molecule has 82 valence electrons. The van der Waals surface area contributed by atoms with Crippen LogP contribution in [-0.2, 0) is 4.79 Å². The normalized spacial score (nSPS) is 16.9. The van der Waals surface area contributed by atoms with E-state index >= 15 is 0 Å². The molecule has 0 saturated heterocycles. The van der Waals surface area contributed by atoms with Crippen molar-refractivity contribution in [3.05, 3.63) is 12.2 Å². The maximum absolute atomic E-state index is 10.5. The van der Waals surface area contributed by atoms with Gasteiger partial charge >= 0.3 is 0 Å². The van der Waals surface area contributed by atoms with Crippen LogP contribution in [0.4, 0.5) is 0 Å². The number of rotatable bonds is 5. The van der Waals surface area contributed by atoms with Crippen LogP contribution in [-0.4, -0.2) is 48.8 Å². The van der Waals surface area contributed by atoms with Crippen LogP contribution < -0.4 is 5.11 Å². The van der Waals surface area contributed by atoms with Crippen molar-refractivity contribution in [3.63, 3.8) is 0 Å². The third-order valence-corrected chi connectivity index (χ3v) is 1.68. The van der Waals surface area contributed by atoms with Crippen molar-refractivity contribution in [2.45, 2.75) is 18.9 Å². The summed E-state index contributed by atoms with van der Waals surface area (Å²) in [6, 6.07) is 0. The monoisotopic (exact) mass is 201 g/mol. The van der Waals surface area contributed by atoms with Crippen molar-refractivity contribution >= 4 is 5.97 Å². The minimum atomic E-state index is -1.31. The molecule has 0 radical (unpaired) electrons. The van der Waals surface area contributed by atoms with E-state index in [9.17, 15) is 15.0 Å². The van der Waals surface area contributed by atoms with E-state index in [2.05, 4.69) is 0 Å². The summed E-state index contributed by atoms with van der Waals surface area (Å²) < 4.78 is 0.494. The predicted octanol–water partition coefficient (Wildman–Crippen LogP) is -0.860. The Balaban J connectivity index is 4.63. The zero-order valence-corrected chi connectivity index (χ0v) is 9.28. The summed E-state index contributed by atoms with van der Waals surface area (Å²) in [5.74, 6) is -1.24. The third kappa shape index (κ3) is 5.72. The van der Waals surface area contributed by atoms with Gasteiger partial charge in [0.15, 0.2) is 0 Å². The zero-order chi connectivity index (χ0) is 11.4. The van der Waals surface area contributed by atoms with Crippen LogP contribution in [0, 0.1) is 0 Å². The quantitative estimate of drug-likeness (QED) is 0.465. The number of quaternary nitrogens is 1. The number of aliphatic hydroxyl groups is 1. The SMILES string of the molecule is CC=C[C@@](O)(CC(=O)[O-])C[N+](C)(C)C. The number of carboxylic acid groups (broad SMARTS) is 1. The van der Waals surface area contributed by atoms with Gasteiger partial charge in [-0.05, 0) is 6.92 Å². The van der Waals surface area contributed by atoms with E-state index in [1.54, 1.807) is 13.0 Å². The van der Waals surface area contributed by atoms with Gasteiger partial charge in [-0.1, -0.05) is 12.2 Å². The van der Waals surface area contributed by atoms with Gasteiger partial charge in [0.05, 0.1) is 21.1 Å². The van der Waals surface area contributed by atoms with Crippen LogP contribution in [0.3, 0.4) is 0 Å². The molecule has 4 nitrogen and oxygen atoms in total. The standard InChI is InChI=1S/C10H19NO3/c1-5-6-10(14,7-9(12)13)8-11(2,3)4/h5-6,14H,7-8H2,1-4H3/t10-/m1/s1. The van der Waals surface area contributed by atoms with E-state index < -0.39 is 11.6 Å². The Bertz CT molecular complexity index is 230. The number of hydrogen-bond acceptors (Lipinski definition) is 3. The molecule has 0 aliphatic rings. The van der Waals surface area contributed by atoms with Gasteiger partial charge in [0.1, 0.15) is 12.1 Å². The molecule has 0 saturated carbocycles. The molecular weight excluding hydrogens is 182 g/mol. The highest BCUT2D eigenvalue weighted by atomic mass is 16.4.